The SMILES string of the molecule is COc1ccc(S(=O)(=O)c2cc(OC)ccc2S(=O)(=O)c2ccc([C@H](C)NS(=O)(=O)Cc3ccccc3)cc2)cc1. The Balaban J connectivity index is 1.65. The van der Waals surface area contributed by atoms with Gasteiger partial charge < -0.3 is 9.47 Å². The lowest BCUT2D eigenvalue weighted by atomic mass is 10.1. The van der Waals surface area contributed by atoms with Gasteiger partial charge in [-0.3, -0.25) is 0 Å². The van der Waals surface area contributed by atoms with Gasteiger partial charge >= 0.3 is 0 Å². The van der Waals surface area contributed by atoms with Crippen LogP contribution in [0.2, 0.25) is 0 Å². The predicted molar refractivity (Wildman–Crippen MR) is 154 cm³/mol. The van der Waals surface area contributed by atoms with E-state index < -0.39 is 45.5 Å². The molecule has 1 N–H and O–H groups in total. The van der Waals surface area contributed by atoms with Crippen LogP contribution in [0.25, 0.3) is 0 Å². The van der Waals surface area contributed by atoms with Gasteiger partial charge in [-0.2, -0.15) is 0 Å². The van der Waals surface area contributed by atoms with E-state index in [1.165, 1.54) is 80.9 Å². The minimum absolute atomic E-state index is 0.116. The van der Waals surface area contributed by atoms with Gasteiger partial charge in [-0.15, -0.1) is 0 Å². The van der Waals surface area contributed by atoms with Gasteiger partial charge in [0.2, 0.25) is 29.7 Å². The lowest BCUT2D eigenvalue weighted by molar-refractivity contribution is 0.412. The van der Waals surface area contributed by atoms with Crippen molar-refractivity contribution >= 4 is 29.7 Å². The number of nitrogens with one attached hydrogen (secondary N) is 1. The van der Waals surface area contributed by atoms with Gasteiger partial charge in [0.15, 0.2) is 0 Å². The van der Waals surface area contributed by atoms with Gasteiger partial charge in [0, 0.05) is 12.1 Å². The number of rotatable bonds is 11. The molecule has 0 heterocycles. The van der Waals surface area contributed by atoms with Crippen LogP contribution in [-0.2, 0) is 35.5 Å². The fourth-order valence-corrected chi connectivity index (χ4v) is 8.88. The molecular formula is C29H29NO8S3. The monoisotopic (exact) mass is 615 g/mol. The summed E-state index contributed by atoms with van der Waals surface area (Å²) in [5.41, 5.74) is 1.16. The number of hydrogen-bond acceptors (Lipinski definition) is 8. The first-order valence-electron chi connectivity index (χ1n) is 12.3. The smallest absolute Gasteiger partial charge is 0.216 e. The molecule has 0 bridgehead atoms. The zero-order valence-corrected chi connectivity index (χ0v) is 25.0. The van der Waals surface area contributed by atoms with Crippen molar-refractivity contribution in [3.63, 3.8) is 0 Å². The Morgan fingerprint density at radius 3 is 1.71 bits per heavy atom. The fourth-order valence-electron chi connectivity index (χ4n) is 4.16. The van der Waals surface area contributed by atoms with Crippen LogP contribution in [0.3, 0.4) is 0 Å². The van der Waals surface area contributed by atoms with Crippen LogP contribution >= 0.6 is 0 Å². The molecule has 0 spiro atoms. The molecule has 0 unspecified atom stereocenters. The van der Waals surface area contributed by atoms with Crippen LogP contribution in [-0.4, -0.2) is 39.5 Å². The molecule has 0 aliphatic heterocycles. The van der Waals surface area contributed by atoms with Crippen molar-refractivity contribution in [1.29, 1.82) is 0 Å². The lowest BCUT2D eigenvalue weighted by Crippen LogP contribution is -2.28. The first-order chi connectivity index (χ1) is 19.4. The van der Waals surface area contributed by atoms with Crippen molar-refractivity contribution < 1.29 is 34.7 Å². The van der Waals surface area contributed by atoms with Crippen molar-refractivity contribution in [3.05, 3.63) is 108 Å². The zero-order chi connectivity index (χ0) is 29.8. The Bertz CT molecular complexity index is 1840. The van der Waals surface area contributed by atoms with Crippen molar-refractivity contribution in [1.82, 2.24) is 4.72 Å². The van der Waals surface area contributed by atoms with E-state index in [0.717, 1.165) is 0 Å². The summed E-state index contributed by atoms with van der Waals surface area (Å²) in [6.07, 6.45) is 0. The standard InChI is InChI=1S/C29H29NO8S3/c1-21(30-39(31,32)20-22-7-5-4-6-8-22)23-9-14-26(15-10-23)40(33,34)28-18-13-25(38-3)19-29(28)41(35,36)27-16-11-24(37-2)12-17-27/h4-19,21,30H,20H2,1-3H3/t21-/m0/s1. The summed E-state index contributed by atoms with van der Waals surface area (Å²) in [5, 5.41) is 0. The first kappa shape index (κ1) is 30.3. The molecule has 4 aromatic rings. The van der Waals surface area contributed by atoms with Crippen molar-refractivity contribution in [2.24, 2.45) is 0 Å². The van der Waals surface area contributed by atoms with Crippen LogP contribution in [0.1, 0.15) is 24.1 Å². The number of sulfone groups is 2. The van der Waals surface area contributed by atoms with Crippen molar-refractivity contribution in [3.8, 4) is 11.5 Å². The molecule has 12 heteroatoms. The summed E-state index contributed by atoms with van der Waals surface area (Å²) < 4.78 is 92.8. The molecule has 216 valence electrons. The summed E-state index contributed by atoms with van der Waals surface area (Å²) in [6, 6.07) is 23.0. The van der Waals surface area contributed by atoms with E-state index in [1.54, 1.807) is 37.3 Å². The highest BCUT2D eigenvalue weighted by Crippen LogP contribution is 2.34. The van der Waals surface area contributed by atoms with E-state index in [1.807, 2.05) is 0 Å². The second-order valence-electron chi connectivity index (χ2n) is 9.15. The van der Waals surface area contributed by atoms with E-state index >= 15 is 0 Å². The minimum atomic E-state index is -4.31. The minimum Gasteiger partial charge on any atom is -0.497 e. The molecule has 41 heavy (non-hydrogen) atoms. The molecular weight excluding hydrogens is 587 g/mol. The lowest BCUT2D eigenvalue weighted by Gasteiger charge is -2.16. The van der Waals surface area contributed by atoms with E-state index in [2.05, 4.69) is 4.72 Å². The molecule has 0 aliphatic rings. The van der Waals surface area contributed by atoms with Crippen LogP contribution < -0.4 is 14.2 Å². The topological polar surface area (TPSA) is 133 Å². The van der Waals surface area contributed by atoms with Crippen LogP contribution in [0.4, 0.5) is 0 Å². The predicted octanol–water partition coefficient (Wildman–Crippen LogP) is 4.55. The fraction of sp³-hybridized carbons (Fsp3) is 0.172. The van der Waals surface area contributed by atoms with Gasteiger partial charge in [-0.25, -0.2) is 30.0 Å². The third-order valence-corrected chi connectivity index (χ3v) is 11.5. The third-order valence-electron chi connectivity index (χ3n) is 6.35. The van der Waals surface area contributed by atoms with Crippen molar-refractivity contribution in [2.45, 2.75) is 38.3 Å². The zero-order valence-electron chi connectivity index (χ0n) is 22.5. The van der Waals surface area contributed by atoms with E-state index in [4.69, 9.17) is 9.47 Å². The van der Waals surface area contributed by atoms with Gasteiger partial charge in [-0.1, -0.05) is 42.5 Å². The molecule has 1 atom stereocenters. The Kier molecular flexibility index (Phi) is 8.88. The van der Waals surface area contributed by atoms with Crippen molar-refractivity contribution in [2.75, 3.05) is 14.2 Å². The average molecular weight is 616 g/mol. The Labute approximate surface area is 240 Å². The first-order valence-corrected chi connectivity index (χ1v) is 17.0. The molecule has 0 radical (unpaired) electrons. The molecule has 0 amide bonds. The van der Waals surface area contributed by atoms with Crippen LogP contribution in [0, 0.1) is 0 Å². The molecule has 4 rings (SSSR count). The van der Waals surface area contributed by atoms with E-state index in [-0.39, 0.29) is 21.3 Å². The maximum absolute atomic E-state index is 13.7. The second-order valence-corrected chi connectivity index (χ2v) is 14.7. The molecule has 0 fully saturated rings. The highest BCUT2D eigenvalue weighted by molar-refractivity contribution is 7.94. The molecule has 0 aromatic heterocycles. The summed E-state index contributed by atoms with van der Waals surface area (Å²) in [7, 11) is -9.48. The molecule has 9 nitrogen and oxygen atoms in total. The number of hydrogen-bond donors (Lipinski definition) is 1. The van der Waals surface area contributed by atoms with Gasteiger partial charge in [-0.05, 0) is 66.6 Å². The average Bonchev–Trinajstić information content (AvgIpc) is 2.96. The van der Waals surface area contributed by atoms with E-state index in [0.29, 0.717) is 16.9 Å². The summed E-state index contributed by atoms with van der Waals surface area (Å²) in [4.78, 5) is -1.13. The van der Waals surface area contributed by atoms with E-state index in [9.17, 15) is 25.3 Å². The molecule has 0 saturated heterocycles. The highest BCUT2D eigenvalue weighted by atomic mass is 32.2. The normalized spacial score (nSPS) is 13.0. The largest absolute Gasteiger partial charge is 0.497 e. The number of ether oxygens (including phenoxy) is 2. The summed E-state index contributed by atoms with van der Waals surface area (Å²) in [5.74, 6) is 0.412. The van der Waals surface area contributed by atoms with Gasteiger partial charge in [0.25, 0.3) is 0 Å². The Morgan fingerprint density at radius 1 is 0.634 bits per heavy atom. The van der Waals surface area contributed by atoms with Crippen LogP contribution in [0.15, 0.2) is 117 Å². The quantitative estimate of drug-likeness (QED) is 0.260. The third kappa shape index (κ3) is 6.79. The van der Waals surface area contributed by atoms with Gasteiger partial charge in [0.1, 0.15) is 11.5 Å². The summed E-state index contributed by atoms with van der Waals surface area (Å²) >= 11 is 0. The number of benzene rings is 4. The Morgan fingerprint density at radius 2 is 1.15 bits per heavy atom. The maximum Gasteiger partial charge on any atom is 0.216 e. The molecule has 4 aromatic carbocycles. The maximum atomic E-state index is 13.7. The molecule has 0 aliphatic carbocycles. The number of methoxy groups -OCH3 is 2. The number of sulfonamides is 1. The van der Waals surface area contributed by atoms with Crippen LogP contribution in [0.5, 0.6) is 11.5 Å². The van der Waals surface area contributed by atoms with Gasteiger partial charge in [0.05, 0.1) is 39.6 Å². The second kappa shape index (κ2) is 12.0. The Hall–Kier alpha value is -3.71. The summed E-state index contributed by atoms with van der Waals surface area (Å²) in [6.45, 7) is 1.65. The molecule has 0 saturated carbocycles. The highest BCUT2D eigenvalue weighted by Gasteiger charge is 2.30.